The molecule has 2 aromatic carbocycles. The van der Waals surface area contributed by atoms with Crippen LogP contribution < -0.4 is 4.74 Å². The molecule has 1 fully saturated rings. The fourth-order valence-electron chi connectivity index (χ4n) is 5.20. The summed E-state index contributed by atoms with van der Waals surface area (Å²) in [6, 6.07) is 15.9. The molecule has 13 nitrogen and oxygen atoms in total. The second-order valence-corrected chi connectivity index (χ2v) is 10.6. The molecule has 3 rings (SSSR count). The molecule has 0 saturated carbocycles. The van der Waals surface area contributed by atoms with Gasteiger partial charge in [0.15, 0.2) is 41.1 Å². The molecule has 1 saturated heterocycles. The van der Waals surface area contributed by atoms with Crippen molar-refractivity contribution in [3.63, 3.8) is 0 Å². The van der Waals surface area contributed by atoms with E-state index in [2.05, 4.69) is 0 Å². The minimum absolute atomic E-state index is 0.269. The van der Waals surface area contributed by atoms with Crippen LogP contribution in [0.5, 0.6) is 5.75 Å². The second kappa shape index (κ2) is 13.4. The Kier molecular flexibility index (Phi) is 10.6. The minimum Gasteiger partial charge on any atom is -0.489 e. The summed E-state index contributed by atoms with van der Waals surface area (Å²) >= 11 is 0. The third-order valence-electron chi connectivity index (χ3n) is 7.76. The maximum atomic E-state index is 12.9. The van der Waals surface area contributed by atoms with E-state index in [1.54, 1.807) is 24.3 Å². The first-order valence-corrected chi connectivity index (χ1v) is 13.6. The number of ketones is 4. The average Bonchev–Trinajstić information content (AvgIpc) is 2.99. The Morgan fingerprint density at radius 3 is 1.86 bits per heavy atom. The molecule has 238 valence electrons. The Hall–Kier alpha value is -3.85. The molecule has 0 aromatic heterocycles. The Morgan fingerprint density at radius 1 is 0.818 bits per heavy atom. The highest BCUT2D eigenvalue weighted by Crippen LogP contribution is 2.48. The van der Waals surface area contributed by atoms with Crippen LogP contribution in [0.4, 0.5) is 0 Å². The molecule has 7 atom stereocenters. The number of Topliss-reactive ketones (excluding diaryl/α,β-unsaturated/α-hetero) is 4. The van der Waals surface area contributed by atoms with Crippen molar-refractivity contribution in [2.24, 2.45) is 0 Å². The summed E-state index contributed by atoms with van der Waals surface area (Å²) in [6.45, 7) is 3.25. The molecule has 44 heavy (non-hydrogen) atoms. The van der Waals surface area contributed by atoms with Gasteiger partial charge in [0.2, 0.25) is 11.2 Å². The van der Waals surface area contributed by atoms with Gasteiger partial charge in [-0.2, -0.15) is 0 Å². The van der Waals surface area contributed by atoms with Gasteiger partial charge in [-0.15, -0.1) is 0 Å². The van der Waals surface area contributed by atoms with Gasteiger partial charge in [-0.25, -0.2) is 4.79 Å². The number of esters is 1. The number of benzene rings is 2. The standard InChI is InChI=1S/C31H36O13/c1-17(32)25(36)26-29(38,18(2)33)31(40,20(4)35)30(39,19(3)34)28(44-26)43-24(27(37)41-5)15-21-11-13-23(14-12-21)42-16-22-9-7-6-8-10-22/h6-14,24-26,28,36,38-40H,15-16H2,1-5H3/t24?,25?,26-,28+,29+,30+,31+/m1/s1. The summed E-state index contributed by atoms with van der Waals surface area (Å²) in [7, 11) is 1.03. The molecule has 1 aliphatic heterocycles. The first-order valence-electron chi connectivity index (χ1n) is 13.6. The molecule has 0 radical (unpaired) electrons. The van der Waals surface area contributed by atoms with Gasteiger partial charge in [-0.05, 0) is 51.0 Å². The van der Waals surface area contributed by atoms with Crippen molar-refractivity contribution in [1.29, 1.82) is 0 Å². The van der Waals surface area contributed by atoms with Crippen LogP contribution in [-0.2, 0) is 51.2 Å². The molecule has 0 spiro atoms. The molecule has 0 bridgehead atoms. The summed E-state index contributed by atoms with van der Waals surface area (Å²) in [6.07, 6.45) is -9.20. The highest BCUT2D eigenvalue weighted by Gasteiger charge is 2.79. The summed E-state index contributed by atoms with van der Waals surface area (Å²) < 4.78 is 21.7. The third-order valence-corrected chi connectivity index (χ3v) is 7.76. The van der Waals surface area contributed by atoms with E-state index in [0.29, 0.717) is 31.8 Å². The van der Waals surface area contributed by atoms with Crippen LogP contribution >= 0.6 is 0 Å². The molecular weight excluding hydrogens is 580 g/mol. The monoisotopic (exact) mass is 616 g/mol. The lowest BCUT2D eigenvalue weighted by atomic mass is 9.60. The van der Waals surface area contributed by atoms with Crippen LogP contribution in [0.1, 0.15) is 38.8 Å². The molecular formula is C31H36O13. The van der Waals surface area contributed by atoms with Crippen LogP contribution in [0, 0.1) is 0 Å². The predicted octanol–water partition coefficient (Wildman–Crippen LogP) is 0.00140. The van der Waals surface area contributed by atoms with E-state index in [4.69, 9.17) is 18.9 Å². The van der Waals surface area contributed by atoms with Crippen molar-refractivity contribution in [3.05, 3.63) is 65.7 Å². The van der Waals surface area contributed by atoms with Gasteiger partial charge in [0.25, 0.3) is 0 Å². The highest BCUT2D eigenvalue weighted by atomic mass is 16.7. The van der Waals surface area contributed by atoms with Gasteiger partial charge >= 0.3 is 5.97 Å². The number of methoxy groups -OCH3 is 1. The van der Waals surface area contributed by atoms with Gasteiger partial charge in [0, 0.05) is 6.42 Å². The maximum absolute atomic E-state index is 12.9. The zero-order chi connectivity index (χ0) is 33.0. The first-order chi connectivity index (χ1) is 20.5. The van der Waals surface area contributed by atoms with Gasteiger partial charge in [0.1, 0.15) is 24.6 Å². The molecule has 4 N–H and O–H groups in total. The van der Waals surface area contributed by atoms with E-state index in [0.717, 1.165) is 26.5 Å². The van der Waals surface area contributed by atoms with Crippen molar-refractivity contribution in [1.82, 2.24) is 0 Å². The Labute approximate surface area is 253 Å². The van der Waals surface area contributed by atoms with Crippen molar-refractivity contribution in [2.45, 2.75) is 82.1 Å². The van der Waals surface area contributed by atoms with Crippen molar-refractivity contribution in [3.8, 4) is 5.75 Å². The zero-order valence-electron chi connectivity index (χ0n) is 24.9. The van der Waals surface area contributed by atoms with Gasteiger partial charge < -0.3 is 39.4 Å². The molecule has 1 heterocycles. The average molecular weight is 617 g/mol. The number of carbonyl (C=O) groups excluding carboxylic acids is 5. The second-order valence-electron chi connectivity index (χ2n) is 10.6. The first kappa shape index (κ1) is 34.6. The van der Waals surface area contributed by atoms with Crippen LogP contribution in [0.15, 0.2) is 54.6 Å². The van der Waals surface area contributed by atoms with E-state index < -0.39 is 70.5 Å². The van der Waals surface area contributed by atoms with E-state index in [-0.39, 0.29) is 6.42 Å². The Balaban J connectivity index is 2.00. The van der Waals surface area contributed by atoms with Gasteiger partial charge in [0.05, 0.1) is 7.11 Å². The molecule has 13 heteroatoms. The molecule has 0 amide bonds. The zero-order valence-corrected chi connectivity index (χ0v) is 24.9. The number of aliphatic hydroxyl groups excluding tert-OH is 1. The lowest BCUT2D eigenvalue weighted by Gasteiger charge is -2.58. The van der Waals surface area contributed by atoms with Crippen molar-refractivity contribution in [2.75, 3.05) is 7.11 Å². The van der Waals surface area contributed by atoms with Gasteiger partial charge in [-0.3, -0.25) is 19.2 Å². The summed E-state index contributed by atoms with van der Waals surface area (Å²) in [4.78, 5) is 63.6. The normalized spacial score (nSPS) is 27.9. The third kappa shape index (κ3) is 6.07. The molecule has 0 aliphatic carbocycles. The molecule has 1 aliphatic rings. The lowest BCUT2D eigenvalue weighted by molar-refractivity contribution is -0.377. The highest BCUT2D eigenvalue weighted by molar-refractivity contribution is 6.05. The van der Waals surface area contributed by atoms with Crippen molar-refractivity contribution >= 4 is 29.1 Å². The van der Waals surface area contributed by atoms with Crippen molar-refractivity contribution < 1.29 is 63.3 Å². The molecule has 2 aromatic rings. The van der Waals surface area contributed by atoms with E-state index >= 15 is 0 Å². The number of carbonyl (C=O) groups is 5. The van der Waals surface area contributed by atoms with E-state index in [9.17, 15) is 44.4 Å². The topological polar surface area (TPSA) is 203 Å². The number of ether oxygens (including phenoxy) is 4. The van der Waals surface area contributed by atoms with E-state index in [1.807, 2.05) is 30.3 Å². The Bertz CT molecular complexity index is 1390. The Morgan fingerprint density at radius 2 is 1.39 bits per heavy atom. The van der Waals surface area contributed by atoms with Crippen LogP contribution in [0.25, 0.3) is 0 Å². The number of rotatable bonds is 13. The fraction of sp³-hybridized carbons (Fsp3) is 0.452. The quantitative estimate of drug-likeness (QED) is 0.219. The van der Waals surface area contributed by atoms with E-state index in [1.165, 1.54) is 0 Å². The maximum Gasteiger partial charge on any atom is 0.335 e. The summed E-state index contributed by atoms with van der Waals surface area (Å²) in [5.41, 5.74) is -9.33. The smallest absolute Gasteiger partial charge is 0.335 e. The minimum atomic E-state index is -3.71. The van der Waals surface area contributed by atoms with Gasteiger partial charge in [-0.1, -0.05) is 42.5 Å². The molecule has 2 unspecified atom stereocenters. The predicted molar refractivity (Wildman–Crippen MR) is 150 cm³/mol. The largest absolute Gasteiger partial charge is 0.489 e. The van der Waals surface area contributed by atoms with Crippen LogP contribution in [0.3, 0.4) is 0 Å². The number of aliphatic hydroxyl groups is 4. The SMILES string of the molecule is COC(=O)C(Cc1ccc(OCc2ccccc2)cc1)O[C@H]1O[C@H](C(O)C(C)=O)[C@@](O)(C(C)=O)[C@@](O)(C(C)=O)[C@]1(O)C(C)=O. The van der Waals surface area contributed by atoms with Crippen LogP contribution in [-0.4, -0.2) is 98.0 Å². The number of hydrogen-bond donors (Lipinski definition) is 4. The lowest BCUT2D eigenvalue weighted by Crippen LogP contribution is -2.87. The number of hydrogen-bond acceptors (Lipinski definition) is 13. The fourth-order valence-corrected chi connectivity index (χ4v) is 5.20. The van der Waals surface area contributed by atoms with Crippen LogP contribution in [0.2, 0.25) is 0 Å². The summed E-state index contributed by atoms with van der Waals surface area (Å²) in [5, 5.41) is 45.4. The summed E-state index contributed by atoms with van der Waals surface area (Å²) in [5.74, 6) is -5.91.